The average Bonchev–Trinajstić information content (AvgIpc) is 3.37. The first-order valence-electron chi connectivity index (χ1n) is 12.1. The second kappa shape index (κ2) is 11.6. The summed E-state index contributed by atoms with van der Waals surface area (Å²) in [4.78, 5) is 29.3. The number of carboxylic acids is 1. The molecule has 0 fully saturated rings. The van der Waals surface area contributed by atoms with Gasteiger partial charge in [-0.15, -0.1) is 0 Å². The molecular weight excluding hydrogens is 537 g/mol. The summed E-state index contributed by atoms with van der Waals surface area (Å²) in [6, 6.07) is 24.5. The molecule has 0 spiro atoms. The van der Waals surface area contributed by atoms with Gasteiger partial charge in [0.1, 0.15) is 29.7 Å². The van der Waals surface area contributed by atoms with E-state index >= 15 is 0 Å². The number of amides is 1. The molecule has 2 heterocycles. The zero-order chi connectivity index (χ0) is 27.4. The number of pyridine rings is 1. The number of nitrogens with zero attached hydrogens (tertiary/aromatic N) is 2. The van der Waals surface area contributed by atoms with Crippen molar-refractivity contribution < 1.29 is 19.4 Å². The van der Waals surface area contributed by atoms with E-state index in [4.69, 9.17) is 27.9 Å². The summed E-state index contributed by atoms with van der Waals surface area (Å²) >= 11 is 11.9. The Labute approximate surface area is 234 Å². The number of aliphatic carboxylic acids is 1. The Kier molecular flexibility index (Phi) is 7.81. The Morgan fingerprint density at radius 3 is 2.18 bits per heavy atom. The monoisotopic (exact) mass is 559 g/mol. The molecule has 0 radical (unpaired) electrons. The van der Waals surface area contributed by atoms with Crippen LogP contribution in [0.25, 0.3) is 16.8 Å². The minimum absolute atomic E-state index is 0.104. The molecular formula is C30H23Cl2N3O4. The topological polar surface area (TPSA) is 92.9 Å². The fourth-order valence-electron chi connectivity index (χ4n) is 4.05. The lowest BCUT2D eigenvalue weighted by Gasteiger charge is -2.14. The van der Waals surface area contributed by atoms with E-state index in [1.54, 1.807) is 65.3 Å². The van der Waals surface area contributed by atoms with E-state index < -0.39 is 17.9 Å². The van der Waals surface area contributed by atoms with Crippen LogP contribution in [0.5, 0.6) is 5.75 Å². The third-order valence-electron chi connectivity index (χ3n) is 6.16. The first kappa shape index (κ1) is 26.3. The Morgan fingerprint density at radius 1 is 0.872 bits per heavy atom. The van der Waals surface area contributed by atoms with Crippen molar-refractivity contribution in [2.45, 2.75) is 19.1 Å². The van der Waals surface area contributed by atoms with Gasteiger partial charge in [-0.05, 0) is 70.8 Å². The molecule has 196 valence electrons. The molecule has 1 atom stereocenters. The van der Waals surface area contributed by atoms with Crippen molar-refractivity contribution in [3.8, 4) is 16.9 Å². The number of carboxylic acid groups (broad SMARTS) is 1. The molecule has 7 nitrogen and oxygen atoms in total. The van der Waals surface area contributed by atoms with Gasteiger partial charge in [-0.2, -0.15) is 0 Å². The SMILES string of the molecule is O=C(N[C@@H](Cc1ccc(OCc2ccc(Cl)cc2)cc1)C(=O)O)c1cn2ccc(-c3ccc(Cl)cc3)cc2n1. The van der Waals surface area contributed by atoms with Gasteiger partial charge < -0.3 is 19.6 Å². The Balaban J connectivity index is 1.23. The van der Waals surface area contributed by atoms with Crippen LogP contribution in [0.15, 0.2) is 97.3 Å². The van der Waals surface area contributed by atoms with Gasteiger partial charge in [0.2, 0.25) is 0 Å². The molecule has 5 rings (SSSR count). The van der Waals surface area contributed by atoms with Gasteiger partial charge in [0.25, 0.3) is 5.91 Å². The first-order valence-corrected chi connectivity index (χ1v) is 12.8. The lowest BCUT2D eigenvalue weighted by molar-refractivity contribution is -0.139. The maximum Gasteiger partial charge on any atom is 0.326 e. The van der Waals surface area contributed by atoms with Gasteiger partial charge in [-0.3, -0.25) is 4.79 Å². The number of carbonyl (C=O) groups is 2. The van der Waals surface area contributed by atoms with Crippen LogP contribution in [0, 0.1) is 0 Å². The second-order valence-electron chi connectivity index (χ2n) is 8.94. The van der Waals surface area contributed by atoms with Crippen molar-refractivity contribution in [1.29, 1.82) is 0 Å². The lowest BCUT2D eigenvalue weighted by atomic mass is 10.1. The normalized spacial score (nSPS) is 11.7. The molecule has 3 aromatic carbocycles. The zero-order valence-electron chi connectivity index (χ0n) is 20.6. The number of benzene rings is 3. The van der Waals surface area contributed by atoms with Crippen LogP contribution in [0.4, 0.5) is 0 Å². The van der Waals surface area contributed by atoms with Crippen LogP contribution >= 0.6 is 23.2 Å². The van der Waals surface area contributed by atoms with Gasteiger partial charge in [0.15, 0.2) is 0 Å². The number of halogens is 2. The maximum atomic E-state index is 12.9. The largest absolute Gasteiger partial charge is 0.489 e. The van der Waals surface area contributed by atoms with E-state index in [1.807, 2.05) is 36.4 Å². The smallest absolute Gasteiger partial charge is 0.326 e. The van der Waals surface area contributed by atoms with Crippen LogP contribution in [-0.2, 0) is 17.8 Å². The second-order valence-corrected chi connectivity index (χ2v) is 9.81. The number of imidazole rings is 1. The number of fused-ring (bicyclic) bond motifs is 1. The van der Waals surface area contributed by atoms with E-state index in [0.717, 1.165) is 22.3 Å². The highest BCUT2D eigenvalue weighted by atomic mass is 35.5. The first-order chi connectivity index (χ1) is 18.8. The lowest BCUT2D eigenvalue weighted by Crippen LogP contribution is -2.42. The highest BCUT2D eigenvalue weighted by Gasteiger charge is 2.23. The molecule has 2 aromatic heterocycles. The molecule has 0 saturated heterocycles. The predicted octanol–water partition coefficient (Wildman–Crippen LogP) is 6.31. The third-order valence-corrected chi connectivity index (χ3v) is 6.66. The number of hydrogen-bond acceptors (Lipinski definition) is 4. The van der Waals surface area contributed by atoms with Crippen molar-refractivity contribution in [3.63, 3.8) is 0 Å². The highest BCUT2D eigenvalue weighted by Crippen LogP contribution is 2.23. The minimum Gasteiger partial charge on any atom is -0.489 e. The average molecular weight is 560 g/mol. The molecule has 1 amide bonds. The molecule has 0 bridgehead atoms. The van der Waals surface area contributed by atoms with E-state index in [9.17, 15) is 14.7 Å². The quantitative estimate of drug-likeness (QED) is 0.220. The fraction of sp³-hybridized carbons (Fsp3) is 0.100. The predicted molar refractivity (Wildman–Crippen MR) is 150 cm³/mol. The van der Waals surface area contributed by atoms with E-state index in [0.29, 0.717) is 28.0 Å². The number of aromatic nitrogens is 2. The molecule has 0 unspecified atom stereocenters. The van der Waals surface area contributed by atoms with Gasteiger partial charge in [0.05, 0.1) is 0 Å². The minimum atomic E-state index is -1.14. The molecule has 0 aliphatic rings. The third kappa shape index (κ3) is 6.57. The summed E-state index contributed by atoms with van der Waals surface area (Å²) in [7, 11) is 0. The van der Waals surface area contributed by atoms with Crippen molar-refractivity contribution in [2.24, 2.45) is 0 Å². The number of nitrogens with one attached hydrogen (secondary N) is 1. The molecule has 5 aromatic rings. The van der Waals surface area contributed by atoms with Crippen LogP contribution < -0.4 is 10.1 Å². The number of carbonyl (C=O) groups excluding carboxylic acids is 1. The molecule has 0 aliphatic carbocycles. The Bertz CT molecular complexity index is 1620. The van der Waals surface area contributed by atoms with Crippen LogP contribution in [-0.4, -0.2) is 32.4 Å². The Morgan fingerprint density at radius 2 is 1.51 bits per heavy atom. The summed E-state index contributed by atoms with van der Waals surface area (Å²) in [5.74, 6) is -1.06. The zero-order valence-corrected chi connectivity index (χ0v) is 22.1. The molecule has 39 heavy (non-hydrogen) atoms. The van der Waals surface area contributed by atoms with Crippen LogP contribution in [0.1, 0.15) is 21.6 Å². The van der Waals surface area contributed by atoms with E-state index in [2.05, 4.69) is 10.3 Å². The van der Waals surface area contributed by atoms with Crippen molar-refractivity contribution in [1.82, 2.24) is 14.7 Å². The fourth-order valence-corrected chi connectivity index (χ4v) is 4.30. The van der Waals surface area contributed by atoms with Crippen LogP contribution in [0.2, 0.25) is 10.0 Å². The van der Waals surface area contributed by atoms with Crippen molar-refractivity contribution >= 4 is 40.7 Å². The summed E-state index contributed by atoms with van der Waals surface area (Å²) in [5, 5.41) is 13.6. The van der Waals surface area contributed by atoms with E-state index in [-0.39, 0.29) is 12.1 Å². The number of rotatable bonds is 9. The summed E-state index contributed by atoms with van der Waals surface area (Å²) in [6.45, 7) is 0.379. The van der Waals surface area contributed by atoms with Crippen molar-refractivity contribution in [3.05, 3.63) is 124 Å². The van der Waals surface area contributed by atoms with Crippen molar-refractivity contribution in [2.75, 3.05) is 0 Å². The molecule has 2 N–H and O–H groups in total. The van der Waals surface area contributed by atoms with Crippen LogP contribution in [0.3, 0.4) is 0 Å². The summed E-state index contributed by atoms with van der Waals surface area (Å²) in [6.07, 6.45) is 3.48. The standard InChI is InChI=1S/C30H23Cl2N3O4/c31-23-7-1-20(2-8-23)18-39-25-11-3-19(4-12-25)15-26(30(37)38)34-29(36)27-17-35-14-13-22(16-28(35)33-27)21-5-9-24(32)10-6-21/h1-14,16-17,26H,15,18H2,(H,34,36)(H,37,38)/t26-/m0/s1. The molecule has 9 heteroatoms. The summed E-state index contributed by atoms with van der Waals surface area (Å²) in [5.41, 5.74) is 4.28. The molecule has 0 saturated carbocycles. The van der Waals surface area contributed by atoms with Gasteiger partial charge in [0, 0.05) is 28.9 Å². The van der Waals surface area contributed by atoms with E-state index in [1.165, 1.54) is 0 Å². The van der Waals surface area contributed by atoms with Gasteiger partial charge >= 0.3 is 5.97 Å². The maximum absolute atomic E-state index is 12.9. The summed E-state index contributed by atoms with van der Waals surface area (Å²) < 4.78 is 7.50. The number of hydrogen-bond donors (Lipinski definition) is 2. The molecule has 0 aliphatic heterocycles. The van der Waals surface area contributed by atoms with Gasteiger partial charge in [-0.25, -0.2) is 9.78 Å². The Hall–Kier alpha value is -4.33. The van der Waals surface area contributed by atoms with Gasteiger partial charge in [-0.1, -0.05) is 59.6 Å². The highest BCUT2D eigenvalue weighted by molar-refractivity contribution is 6.30. The number of ether oxygens (including phenoxy) is 1.